The van der Waals surface area contributed by atoms with E-state index in [2.05, 4.69) is 31.1 Å². The Morgan fingerprint density at radius 1 is 1.44 bits per heavy atom. The molecule has 0 bridgehead atoms. The average molecular weight is 221 g/mol. The molecular weight excluding hydrogens is 198 g/mol. The van der Waals surface area contributed by atoms with E-state index in [9.17, 15) is 0 Å². The number of anilines is 1. The largest absolute Gasteiger partial charge is 0.398 e. The Labute approximate surface area is 98.5 Å². The Morgan fingerprint density at radius 2 is 2.19 bits per heavy atom. The summed E-state index contributed by atoms with van der Waals surface area (Å²) in [7, 11) is 0. The SMILES string of the molecule is CCCNC(C)CC(C)c1cnccc1N. The van der Waals surface area contributed by atoms with E-state index < -0.39 is 0 Å². The summed E-state index contributed by atoms with van der Waals surface area (Å²) in [5.41, 5.74) is 7.95. The first-order chi connectivity index (χ1) is 7.65. The summed E-state index contributed by atoms with van der Waals surface area (Å²) in [4.78, 5) is 4.14. The first-order valence-electron chi connectivity index (χ1n) is 6.07. The van der Waals surface area contributed by atoms with Crippen LogP contribution in [0.5, 0.6) is 0 Å². The molecule has 0 amide bonds. The van der Waals surface area contributed by atoms with Crippen molar-refractivity contribution in [3.05, 3.63) is 24.0 Å². The molecule has 1 rings (SSSR count). The van der Waals surface area contributed by atoms with E-state index in [4.69, 9.17) is 5.73 Å². The summed E-state index contributed by atoms with van der Waals surface area (Å²) >= 11 is 0. The van der Waals surface area contributed by atoms with Gasteiger partial charge in [0.25, 0.3) is 0 Å². The molecule has 90 valence electrons. The van der Waals surface area contributed by atoms with Crippen molar-refractivity contribution in [2.24, 2.45) is 0 Å². The van der Waals surface area contributed by atoms with E-state index in [1.165, 1.54) is 6.42 Å². The normalized spacial score (nSPS) is 14.7. The molecule has 0 saturated heterocycles. The molecule has 0 saturated carbocycles. The number of hydrogen-bond acceptors (Lipinski definition) is 3. The predicted molar refractivity (Wildman–Crippen MR) is 69.4 cm³/mol. The van der Waals surface area contributed by atoms with Crippen molar-refractivity contribution in [2.45, 2.75) is 45.6 Å². The van der Waals surface area contributed by atoms with Crippen LogP contribution in [0, 0.1) is 0 Å². The molecule has 1 aromatic rings. The maximum atomic E-state index is 5.94. The average Bonchev–Trinajstić information content (AvgIpc) is 2.26. The zero-order valence-electron chi connectivity index (χ0n) is 10.5. The minimum Gasteiger partial charge on any atom is -0.398 e. The summed E-state index contributed by atoms with van der Waals surface area (Å²) in [5, 5.41) is 3.49. The first-order valence-corrected chi connectivity index (χ1v) is 6.07. The van der Waals surface area contributed by atoms with Gasteiger partial charge in [-0.3, -0.25) is 4.98 Å². The van der Waals surface area contributed by atoms with Crippen molar-refractivity contribution in [3.8, 4) is 0 Å². The molecule has 16 heavy (non-hydrogen) atoms. The van der Waals surface area contributed by atoms with E-state index in [0.717, 1.165) is 24.2 Å². The van der Waals surface area contributed by atoms with Gasteiger partial charge >= 0.3 is 0 Å². The second-order valence-electron chi connectivity index (χ2n) is 4.50. The zero-order chi connectivity index (χ0) is 12.0. The lowest BCUT2D eigenvalue weighted by molar-refractivity contribution is 0.479. The lowest BCUT2D eigenvalue weighted by Crippen LogP contribution is -2.28. The molecule has 1 heterocycles. The number of nitrogens with two attached hydrogens (primary N) is 1. The van der Waals surface area contributed by atoms with Crippen LogP contribution in [0.15, 0.2) is 18.5 Å². The van der Waals surface area contributed by atoms with Gasteiger partial charge in [0.15, 0.2) is 0 Å². The Morgan fingerprint density at radius 3 is 2.81 bits per heavy atom. The third-order valence-electron chi connectivity index (χ3n) is 2.87. The van der Waals surface area contributed by atoms with Crippen LogP contribution in [0.2, 0.25) is 0 Å². The fourth-order valence-corrected chi connectivity index (χ4v) is 1.96. The van der Waals surface area contributed by atoms with Gasteiger partial charge in [-0.2, -0.15) is 0 Å². The van der Waals surface area contributed by atoms with Crippen molar-refractivity contribution in [2.75, 3.05) is 12.3 Å². The van der Waals surface area contributed by atoms with Crippen LogP contribution in [0.25, 0.3) is 0 Å². The van der Waals surface area contributed by atoms with E-state index in [-0.39, 0.29) is 0 Å². The molecule has 0 aromatic carbocycles. The smallest absolute Gasteiger partial charge is 0.0380 e. The topological polar surface area (TPSA) is 50.9 Å². The molecule has 2 atom stereocenters. The van der Waals surface area contributed by atoms with E-state index in [1.807, 2.05) is 12.3 Å². The lowest BCUT2D eigenvalue weighted by Gasteiger charge is -2.19. The lowest BCUT2D eigenvalue weighted by atomic mass is 9.94. The van der Waals surface area contributed by atoms with Crippen molar-refractivity contribution >= 4 is 5.69 Å². The van der Waals surface area contributed by atoms with Crippen LogP contribution in [0.1, 0.15) is 45.1 Å². The predicted octanol–water partition coefficient (Wildman–Crippen LogP) is 2.55. The Balaban J connectivity index is 2.52. The van der Waals surface area contributed by atoms with Gasteiger partial charge in [-0.25, -0.2) is 0 Å². The van der Waals surface area contributed by atoms with Crippen LogP contribution in [0.4, 0.5) is 5.69 Å². The molecular formula is C13H23N3. The molecule has 1 aromatic heterocycles. The van der Waals surface area contributed by atoms with Crippen LogP contribution in [-0.2, 0) is 0 Å². The highest BCUT2D eigenvalue weighted by atomic mass is 14.9. The molecule has 0 aliphatic heterocycles. The summed E-state index contributed by atoms with van der Waals surface area (Å²) in [6, 6.07) is 2.39. The first kappa shape index (κ1) is 13.0. The van der Waals surface area contributed by atoms with Gasteiger partial charge in [0.05, 0.1) is 0 Å². The minimum atomic E-state index is 0.452. The highest BCUT2D eigenvalue weighted by molar-refractivity contribution is 5.46. The van der Waals surface area contributed by atoms with Gasteiger partial charge in [0, 0.05) is 24.1 Å². The maximum Gasteiger partial charge on any atom is 0.0380 e. The second kappa shape index (κ2) is 6.48. The summed E-state index contributed by atoms with van der Waals surface area (Å²) in [5.74, 6) is 0.452. The number of aromatic nitrogens is 1. The van der Waals surface area contributed by atoms with Crippen molar-refractivity contribution in [1.82, 2.24) is 10.3 Å². The maximum absolute atomic E-state index is 5.94. The van der Waals surface area contributed by atoms with Crippen molar-refractivity contribution in [1.29, 1.82) is 0 Å². The van der Waals surface area contributed by atoms with E-state index in [1.54, 1.807) is 6.20 Å². The highest BCUT2D eigenvalue weighted by Crippen LogP contribution is 2.24. The van der Waals surface area contributed by atoms with Gasteiger partial charge in [-0.1, -0.05) is 13.8 Å². The zero-order valence-corrected chi connectivity index (χ0v) is 10.5. The number of nitrogen functional groups attached to an aromatic ring is 1. The summed E-state index contributed by atoms with van der Waals surface area (Å²) < 4.78 is 0. The number of nitrogens with one attached hydrogen (secondary N) is 1. The van der Waals surface area contributed by atoms with Crippen LogP contribution in [-0.4, -0.2) is 17.6 Å². The van der Waals surface area contributed by atoms with Crippen LogP contribution in [0.3, 0.4) is 0 Å². The fraction of sp³-hybridized carbons (Fsp3) is 0.615. The molecule has 0 aliphatic carbocycles. The van der Waals surface area contributed by atoms with Gasteiger partial charge in [0.2, 0.25) is 0 Å². The number of hydrogen-bond donors (Lipinski definition) is 2. The molecule has 0 spiro atoms. The number of rotatable bonds is 6. The van der Waals surface area contributed by atoms with Gasteiger partial charge in [-0.15, -0.1) is 0 Å². The van der Waals surface area contributed by atoms with Crippen LogP contribution < -0.4 is 11.1 Å². The summed E-state index contributed by atoms with van der Waals surface area (Å²) in [6.07, 6.45) is 5.89. The molecule has 0 aliphatic rings. The molecule has 3 heteroatoms. The monoisotopic (exact) mass is 221 g/mol. The highest BCUT2D eigenvalue weighted by Gasteiger charge is 2.12. The molecule has 3 nitrogen and oxygen atoms in total. The third-order valence-corrected chi connectivity index (χ3v) is 2.87. The second-order valence-corrected chi connectivity index (χ2v) is 4.50. The number of nitrogens with zero attached hydrogens (tertiary/aromatic N) is 1. The van der Waals surface area contributed by atoms with E-state index in [0.29, 0.717) is 12.0 Å². The van der Waals surface area contributed by atoms with Gasteiger partial charge in [-0.05, 0) is 43.9 Å². The van der Waals surface area contributed by atoms with Gasteiger partial charge in [0.1, 0.15) is 0 Å². The minimum absolute atomic E-state index is 0.452. The number of pyridine rings is 1. The Bertz CT molecular complexity index is 312. The van der Waals surface area contributed by atoms with Gasteiger partial charge < -0.3 is 11.1 Å². The Hall–Kier alpha value is -1.09. The Kier molecular flexibility index (Phi) is 5.26. The van der Waals surface area contributed by atoms with Crippen molar-refractivity contribution in [3.63, 3.8) is 0 Å². The molecule has 2 unspecified atom stereocenters. The summed E-state index contributed by atoms with van der Waals surface area (Å²) in [6.45, 7) is 7.69. The van der Waals surface area contributed by atoms with Crippen molar-refractivity contribution < 1.29 is 0 Å². The standard InChI is InChI=1S/C13H23N3/c1-4-6-16-11(3)8-10(2)12-9-15-7-5-13(12)14/h5,7,9-11,16H,4,6,8H2,1-3H3,(H2,14,15). The quantitative estimate of drug-likeness (QED) is 0.776. The van der Waals surface area contributed by atoms with E-state index >= 15 is 0 Å². The molecule has 0 fully saturated rings. The molecule has 0 radical (unpaired) electrons. The molecule has 3 N–H and O–H groups in total. The fourth-order valence-electron chi connectivity index (χ4n) is 1.96. The third kappa shape index (κ3) is 3.81. The van der Waals surface area contributed by atoms with Crippen LogP contribution >= 0.6 is 0 Å².